The van der Waals surface area contributed by atoms with Crippen molar-refractivity contribution >= 4 is 55.0 Å². The zero-order chi connectivity index (χ0) is 28.1. The molecule has 6 nitrogen and oxygen atoms in total. The molecule has 0 unspecified atom stereocenters. The largest absolute Gasteiger partial charge is 0.358 e. The van der Waals surface area contributed by atoms with Crippen molar-refractivity contribution in [2.45, 2.75) is 66.8 Å². The Hall–Kier alpha value is -1.69. The molecule has 2 rings (SSSR count). The molecule has 0 atom stereocenters. The first kappa shape index (κ1) is 34.3. The highest BCUT2D eigenvalue weighted by atomic mass is 128. The van der Waals surface area contributed by atoms with Gasteiger partial charge < -0.3 is 16.0 Å². The zero-order valence-corrected chi connectivity index (χ0v) is 27.3. The second-order valence-electron chi connectivity index (χ2n) is 9.56. The predicted molar refractivity (Wildman–Crippen MR) is 167 cm³/mol. The molecular formula is C28H41I2N3O3. The Labute approximate surface area is 240 Å². The second-order valence-corrected chi connectivity index (χ2v) is 9.56. The van der Waals surface area contributed by atoms with Gasteiger partial charge in [-0.3, -0.25) is 14.4 Å². The predicted octanol–water partition coefficient (Wildman–Crippen LogP) is 5.49. The summed E-state index contributed by atoms with van der Waals surface area (Å²) in [5.41, 5.74) is 7.05. The van der Waals surface area contributed by atoms with E-state index in [-0.39, 0.29) is 23.3 Å². The summed E-state index contributed by atoms with van der Waals surface area (Å²) in [5, 5.41) is 8.02. The van der Waals surface area contributed by atoms with Gasteiger partial charge in [0, 0.05) is 63.8 Å². The molecule has 36 heavy (non-hydrogen) atoms. The van der Waals surface area contributed by atoms with Crippen LogP contribution in [0, 0.1) is 33.6 Å². The molecule has 0 saturated heterocycles. The quantitative estimate of drug-likeness (QED) is 0.262. The summed E-state index contributed by atoms with van der Waals surface area (Å²) in [7, 11) is 3.08. The Balaban J connectivity index is 0.000000640. The molecule has 0 fully saturated rings. The van der Waals surface area contributed by atoms with Crippen LogP contribution in [0.3, 0.4) is 0 Å². The number of benzene rings is 2. The van der Waals surface area contributed by atoms with Crippen molar-refractivity contribution in [1.29, 1.82) is 0 Å². The molecule has 8 heteroatoms. The first-order valence-corrected chi connectivity index (χ1v) is 18.1. The van der Waals surface area contributed by atoms with Crippen molar-refractivity contribution in [3.05, 3.63) is 69.8 Å². The standard InChI is InChI=1S/C14H20N2O2.C14H21NO.I2/c1-9-5-6-11(7-10(9)2)8-12(13(17)15-3)14(18)16-4;1-10-6-7-13(8-11(10)2)9-14(4,5)15-12(3)16;1-2/h5-7,12H,8H2,1-4H3,(H,15,17)(H,16,18);6-8H,9H2,1-5H3,(H,15,16);. The van der Waals surface area contributed by atoms with Crippen LogP contribution in [0.1, 0.15) is 54.2 Å². The van der Waals surface area contributed by atoms with Crippen LogP contribution in [0.2, 0.25) is 0 Å². The molecular weight excluding hydrogens is 680 g/mol. The number of carbonyl (C=O) groups is 3. The number of rotatable bonds is 7. The number of aryl methyl sites for hydroxylation is 4. The number of nitrogens with one attached hydrogen (secondary N) is 3. The van der Waals surface area contributed by atoms with Gasteiger partial charge in [-0.1, -0.05) is 36.4 Å². The molecule has 0 aliphatic rings. The monoisotopic (exact) mass is 721 g/mol. The first-order chi connectivity index (χ1) is 16.8. The van der Waals surface area contributed by atoms with Crippen molar-refractivity contribution < 1.29 is 14.4 Å². The highest BCUT2D eigenvalue weighted by molar-refractivity contribution is 15.0. The molecule has 0 aromatic heterocycles. The van der Waals surface area contributed by atoms with E-state index in [1.54, 1.807) is 21.0 Å². The van der Waals surface area contributed by atoms with Gasteiger partial charge in [-0.25, -0.2) is 0 Å². The van der Waals surface area contributed by atoms with Crippen LogP contribution < -0.4 is 16.0 Å². The van der Waals surface area contributed by atoms with Gasteiger partial charge in [0.15, 0.2) is 0 Å². The van der Waals surface area contributed by atoms with Crippen LogP contribution in [0.25, 0.3) is 0 Å². The van der Waals surface area contributed by atoms with E-state index in [1.165, 1.54) is 27.8 Å². The molecule has 0 bridgehead atoms. The second kappa shape index (κ2) is 16.9. The molecule has 2 aromatic rings. The Bertz CT molecular complexity index is 1010. The average Bonchev–Trinajstić information content (AvgIpc) is 2.81. The minimum atomic E-state index is -0.679. The first-order valence-electron chi connectivity index (χ1n) is 11.8. The molecule has 0 saturated carbocycles. The fourth-order valence-electron chi connectivity index (χ4n) is 3.76. The van der Waals surface area contributed by atoms with Crippen LogP contribution in [0.5, 0.6) is 0 Å². The van der Waals surface area contributed by atoms with Gasteiger partial charge in [-0.15, -0.1) is 0 Å². The Morgan fingerprint density at radius 1 is 0.778 bits per heavy atom. The van der Waals surface area contributed by atoms with Gasteiger partial charge in [0.1, 0.15) is 5.92 Å². The van der Waals surface area contributed by atoms with Gasteiger partial charge in [0.2, 0.25) is 17.7 Å². The molecule has 0 aliphatic carbocycles. The molecule has 0 aliphatic heterocycles. The van der Waals surface area contributed by atoms with Gasteiger partial charge in [0.25, 0.3) is 0 Å². The Morgan fingerprint density at radius 3 is 1.58 bits per heavy atom. The maximum Gasteiger partial charge on any atom is 0.232 e. The summed E-state index contributed by atoms with van der Waals surface area (Å²) >= 11 is 4.24. The number of halogens is 2. The maximum atomic E-state index is 11.7. The van der Waals surface area contributed by atoms with E-state index in [4.69, 9.17) is 0 Å². The SMILES string of the molecule is CC(=O)NC(C)(C)Cc1ccc(C)c(C)c1.CNC(=O)C(Cc1ccc(C)c(C)c1)C(=O)NC.II. The molecule has 200 valence electrons. The number of amides is 3. The van der Waals surface area contributed by atoms with Crippen LogP contribution in [0.4, 0.5) is 0 Å². The topological polar surface area (TPSA) is 87.3 Å². The molecule has 3 amide bonds. The normalized spacial score (nSPS) is 10.3. The van der Waals surface area contributed by atoms with Gasteiger partial charge >= 0.3 is 0 Å². The smallest absolute Gasteiger partial charge is 0.232 e. The summed E-state index contributed by atoms with van der Waals surface area (Å²) in [4.78, 5) is 34.5. The summed E-state index contributed by atoms with van der Waals surface area (Å²) in [6.07, 6.45) is 1.27. The van der Waals surface area contributed by atoms with Crippen molar-refractivity contribution in [2.75, 3.05) is 14.1 Å². The lowest BCUT2D eigenvalue weighted by molar-refractivity contribution is -0.134. The average molecular weight is 721 g/mol. The van der Waals surface area contributed by atoms with Crippen molar-refractivity contribution in [1.82, 2.24) is 16.0 Å². The molecule has 0 heterocycles. The minimum Gasteiger partial charge on any atom is -0.358 e. The maximum absolute atomic E-state index is 11.7. The highest BCUT2D eigenvalue weighted by Gasteiger charge is 2.25. The van der Waals surface area contributed by atoms with Crippen molar-refractivity contribution in [3.63, 3.8) is 0 Å². The fraction of sp³-hybridized carbons (Fsp3) is 0.464. The van der Waals surface area contributed by atoms with Crippen LogP contribution in [-0.2, 0) is 27.2 Å². The zero-order valence-electron chi connectivity index (χ0n) is 22.9. The van der Waals surface area contributed by atoms with Crippen LogP contribution in [0.15, 0.2) is 36.4 Å². The number of carbonyl (C=O) groups excluding carboxylic acids is 3. The number of hydrogen-bond donors (Lipinski definition) is 3. The van der Waals surface area contributed by atoms with E-state index < -0.39 is 5.92 Å². The third-order valence-electron chi connectivity index (χ3n) is 5.87. The van der Waals surface area contributed by atoms with Gasteiger partial charge in [-0.2, -0.15) is 0 Å². The lowest BCUT2D eigenvalue weighted by Crippen LogP contribution is -2.44. The third-order valence-corrected chi connectivity index (χ3v) is 5.87. The summed E-state index contributed by atoms with van der Waals surface area (Å²) < 4.78 is 0. The van der Waals surface area contributed by atoms with E-state index in [0.29, 0.717) is 6.42 Å². The Kier molecular flexibility index (Phi) is 16.1. The van der Waals surface area contributed by atoms with E-state index in [9.17, 15) is 14.4 Å². The van der Waals surface area contributed by atoms with Crippen molar-refractivity contribution in [3.8, 4) is 0 Å². The van der Waals surface area contributed by atoms with Crippen LogP contribution >= 0.6 is 37.2 Å². The van der Waals surface area contributed by atoms with Gasteiger partial charge in [0.05, 0.1) is 0 Å². The lowest BCUT2D eigenvalue weighted by atomic mass is 9.93. The van der Waals surface area contributed by atoms with E-state index in [0.717, 1.165) is 12.0 Å². The summed E-state index contributed by atoms with van der Waals surface area (Å²) in [5.74, 6) is -1.17. The van der Waals surface area contributed by atoms with Crippen molar-refractivity contribution in [2.24, 2.45) is 5.92 Å². The summed E-state index contributed by atoms with van der Waals surface area (Å²) in [6, 6.07) is 12.4. The molecule has 0 spiro atoms. The minimum absolute atomic E-state index is 0.0221. The lowest BCUT2D eigenvalue weighted by Gasteiger charge is -2.26. The molecule has 3 N–H and O–H groups in total. The third kappa shape index (κ3) is 12.5. The Morgan fingerprint density at radius 2 is 1.19 bits per heavy atom. The van der Waals surface area contributed by atoms with E-state index in [2.05, 4.69) is 85.2 Å². The summed E-state index contributed by atoms with van der Waals surface area (Å²) in [6.45, 7) is 13.9. The van der Waals surface area contributed by atoms with E-state index in [1.807, 2.05) is 45.9 Å². The van der Waals surface area contributed by atoms with Crippen LogP contribution in [-0.4, -0.2) is 37.4 Å². The van der Waals surface area contributed by atoms with E-state index >= 15 is 0 Å². The molecule has 0 radical (unpaired) electrons. The van der Waals surface area contributed by atoms with Gasteiger partial charge in [-0.05, 0) is 87.8 Å². The number of hydrogen-bond acceptors (Lipinski definition) is 3. The highest BCUT2D eigenvalue weighted by Crippen LogP contribution is 2.16. The molecule has 2 aromatic carbocycles. The fourth-order valence-corrected chi connectivity index (χ4v) is 3.76.